The second-order valence-electron chi connectivity index (χ2n) is 10.4. The molecule has 0 heteroatoms. The summed E-state index contributed by atoms with van der Waals surface area (Å²) >= 11 is 0. The quantitative estimate of drug-likeness (QED) is 0.107. The molecule has 0 aromatic carbocycles. The Hall–Kier alpha value is 0. The molecule has 0 atom stereocenters. The van der Waals surface area contributed by atoms with Gasteiger partial charge in [-0.3, -0.25) is 0 Å². The minimum absolute atomic E-state index is 1.37. The molecule has 0 heterocycles. The lowest BCUT2D eigenvalue weighted by Gasteiger charge is -2.04. The zero-order valence-electron chi connectivity index (χ0n) is 22.4. The highest BCUT2D eigenvalue weighted by atomic mass is 14.0. The van der Waals surface area contributed by atoms with E-state index in [1.807, 2.05) is 0 Å². The molecule has 0 saturated carbocycles. The van der Waals surface area contributed by atoms with Crippen LogP contribution in [0.2, 0.25) is 0 Å². The highest BCUT2D eigenvalue weighted by molar-refractivity contribution is 4.64. The minimum atomic E-state index is 1.37. The fraction of sp³-hybridized carbons (Fsp3) is 0.968. The normalized spacial score (nSPS) is 11.4. The van der Waals surface area contributed by atoms with Crippen LogP contribution in [-0.2, 0) is 0 Å². The summed E-state index contributed by atoms with van der Waals surface area (Å²) in [7, 11) is 0. The molecule has 187 valence electrons. The predicted octanol–water partition coefficient (Wildman–Crippen LogP) is 12.2. The summed E-state index contributed by atoms with van der Waals surface area (Å²) in [5.41, 5.74) is 0. The van der Waals surface area contributed by atoms with Crippen LogP contribution in [0, 0.1) is 6.42 Å². The molecule has 0 nitrogen and oxygen atoms in total. The summed E-state index contributed by atoms with van der Waals surface area (Å²) in [5, 5.41) is 0. The van der Waals surface area contributed by atoms with Crippen LogP contribution in [0.1, 0.15) is 194 Å². The van der Waals surface area contributed by atoms with Crippen molar-refractivity contribution < 1.29 is 0 Å². The molecule has 0 spiro atoms. The van der Waals surface area contributed by atoms with Crippen LogP contribution in [0.4, 0.5) is 0 Å². The van der Waals surface area contributed by atoms with Gasteiger partial charge in [-0.15, -0.1) is 0 Å². The van der Waals surface area contributed by atoms with Crippen LogP contribution >= 0.6 is 0 Å². The molecule has 0 aromatic heterocycles. The van der Waals surface area contributed by atoms with E-state index in [9.17, 15) is 0 Å². The van der Waals surface area contributed by atoms with Crippen molar-refractivity contribution in [1.29, 1.82) is 0 Å². The van der Waals surface area contributed by atoms with Crippen LogP contribution in [0.15, 0.2) is 0 Å². The van der Waals surface area contributed by atoms with E-state index < -0.39 is 0 Å². The lowest BCUT2D eigenvalue weighted by Crippen LogP contribution is -1.85. The molecule has 0 aliphatic rings. The van der Waals surface area contributed by atoms with Crippen LogP contribution in [-0.4, -0.2) is 0 Å². The first-order valence-electron chi connectivity index (χ1n) is 15.2. The van der Waals surface area contributed by atoms with Crippen molar-refractivity contribution in [2.45, 2.75) is 194 Å². The molecule has 0 unspecified atom stereocenters. The SMILES string of the molecule is CCCCCCCCC[CH]CCCCCCCCCCCCCCCCCCCCC. The van der Waals surface area contributed by atoms with Crippen LogP contribution in [0.25, 0.3) is 0 Å². The smallest absolute Gasteiger partial charge is 0.0386 e. The zero-order chi connectivity index (χ0) is 22.5. The highest BCUT2D eigenvalue weighted by Gasteiger charge is 1.96. The summed E-state index contributed by atoms with van der Waals surface area (Å²) in [4.78, 5) is 0. The summed E-state index contributed by atoms with van der Waals surface area (Å²) in [6, 6.07) is 0. The van der Waals surface area contributed by atoms with E-state index in [1.165, 1.54) is 180 Å². The van der Waals surface area contributed by atoms with Crippen molar-refractivity contribution in [3.05, 3.63) is 6.42 Å². The van der Waals surface area contributed by atoms with Crippen molar-refractivity contribution in [1.82, 2.24) is 0 Å². The summed E-state index contributed by atoms with van der Waals surface area (Å²) in [5.74, 6) is 0. The van der Waals surface area contributed by atoms with Gasteiger partial charge in [0.25, 0.3) is 0 Å². The van der Waals surface area contributed by atoms with Crippen molar-refractivity contribution in [3.8, 4) is 0 Å². The van der Waals surface area contributed by atoms with Gasteiger partial charge in [-0.2, -0.15) is 0 Å². The van der Waals surface area contributed by atoms with E-state index in [-0.39, 0.29) is 0 Å². The average Bonchev–Trinajstić information content (AvgIpc) is 2.78. The zero-order valence-corrected chi connectivity index (χ0v) is 22.4. The van der Waals surface area contributed by atoms with Gasteiger partial charge in [0, 0.05) is 0 Å². The first-order chi connectivity index (χ1) is 15.4. The van der Waals surface area contributed by atoms with Gasteiger partial charge in [-0.05, 0) is 6.42 Å². The van der Waals surface area contributed by atoms with E-state index in [1.54, 1.807) is 0 Å². The number of hydrogen-bond acceptors (Lipinski definition) is 0. The molecule has 1 radical (unpaired) electrons. The Morgan fingerprint density at radius 1 is 0.258 bits per heavy atom. The first kappa shape index (κ1) is 31.0. The van der Waals surface area contributed by atoms with Crippen molar-refractivity contribution in [3.63, 3.8) is 0 Å². The molecule has 0 rings (SSSR count). The van der Waals surface area contributed by atoms with Gasteiger partial charge in [0.15, 0.2) is 0 Å². The largest absolute Gasteiger partial charge is 0.0654 e. The van der Waals surface area contributed by atoms with Gasteiger partial charge in [0.1, 0.15) is 0 Å². The number of hydrogen-bond donors (Lipinski definition) is 0. The van der Waals surface area contributed by atoms with Gasteiger partial charge in [-0.25, -0.2) is 0 Å². The molecule has 31 heavy (non-hydrogen) atoms. The fourth-order valence-electron chi connectivity index (χ4n) is 4.76. The monoisotopic (exact) mass is 435 g/mol. The van der Waals surface area contributed by atoms with Crippen molar-refractivity contribution in [2.75, 3.05) is 0 Å². The Kier molecular flexibility index (Phi) is 30.0. The lowest BCUT2D eigenvalue weighted by molar-refractivity contribution is 0.522. The maximum absolute atomic E-state index is 2.57. The lowest BCUT2D eigenvalue weighted by atomic mass is 10.0. The molecular formula is C31H63. The first-order valence-corrected chi connectivity index (χ1v) is 15.2. The molecule has 0 N–H and O–H groups in total. The van der Waals surface area contributed by atoms with E-state index >= 15 is 0 Å². The number of rotatable bonds is 28. The van der Waals surface area contributed by atoms with E-state index in [0.717, 1.165) is 0 Å². The summed E-state index contributed by atoms with van der Waals surface area (Å²) < 4.78 is 0. The molecule has 0 bridgehead atoms. The minimum Gasteiger partial charge on any atom is -0.0654 e. The molecule has 0 aliphatic heterocycles. The Balaban J connectivity index is 2.98. The third-order valence-corrected chi connectivity index (χ3v) is 7.02. The fourth-order valence-corrected chi connectivity index (χ4v) is 4.76. The summed E-state index contributed by atoms with van der Waals surface area (Å²) in [6.07, 6.45) is 43.4. The standard InChI is InChI=1S/C31H63/c1-3-5-7-9-11-13-15-17-19-21-23-25-27-29-31-30-28-26-24-22-20-18-16-14-12-10-8-6-4-2/h19H,3-18,20-31H2,1-2H3. The Bertz CT molecular complexity index is 254. The summed E-state index contributed by atoms with van der Waals surface area (Å²) in [6.45, 7) is 4.61. The van der Waals surface area contributed by atoms with Gasteiger partial charge < -0.3 is 0 Å². The second kappa shape index (κ2) is 30.0. The molecule has 0 fully saturated rings. The van der Waals surface area contributed by atoms with Crippen LogP contribution in [0.3, 0.4) is 0 Å². The third kappa shape index (κ3) is 30.0. The molecule has 0 amide bonds. The maximum atomic E-state index is 2.57. The molecule has 0 saturated heterocycles. The van der Waals surface area contributed by atoms with E-state index in [2.05, 4.69) is 20.3 Å². The Morgan fingerprint density at radius 3 is 0.677 bits per heavy atom. The molecule has 0 aromatic rings. The number of unbranched alkanes of at least 4 members (excludes halogenated alkanes) is 28. The van der Waals surface area contributed by atoms with Crippen molar-refractivity contribution in [2.24, 2.45) is 0 Å². The van der Waals surface area contributed by atoms with Gasteiger partial charge in [0.2, 0.25) is 0 Å². The third-order valence-electron chi connectivity index (χ3n) is 7.02. The van der Waals surface area contributed by atoms with E-state index in [0.29, 0.717) is 0 Å². The van der Waals surface area contributed by atoms with Crippen LogP contribution < -0.4 is 0 Å². The van der Waals surface area contributed by atoms with Gasteiger partial charge in [-0.1, -0.05) is 194 Å². The van der Waals surface area contributed by atoms with E-state index in [4.69, 9.17) is 0 Å². The highest BCUT2D eigenvalue weighted by Crippen LogP contribution is 2.16. The van der Waals surface area contributed by atoms with Gasteiger partial charge >= 0.3 is 0 Å². The maximum Gasteiger partial charge on any atom is -0.0386 e. The average molecular weight is 436 g/mol. The van der Waals surface area contributed by atoms with Gasteiger partial charge in [0.05, 0.1) is 0 Å². The molecule has 0 aliphatic carbocycles. The molecular weight excluding hydrogens is 372 g/mol. The Morgan fingerprint density at radius 2 is 0.452 bits per heavy atom. The Labute approximate surface area is 200 Å². The predicted molar refractivity (Wildman–Crippen MR) is 145 cm³/mol. The topological polar surface area (TPSA) is 0 Å². The van der Waals surface area contributed by atoms with Crippen LogP contribution in [0.5, 0.6) is 0 Å². The second-order valence-corrected chi connectivity index (χ2v) is 10.4. The van der Waals surface area contributed by atoms with Crippen molar-refractivity contribution >= 4 is 0 Å².